The molecule has 1 fully saturated rings. The molecule has 2 aromatic heterocycles. The predicted molar refractivity (Wildman–Crippen MR) is 135 cm³/mol. The van der Waals surface area contributed by atoms with Gasteiger partial charge < -0.3 is 19.6 Å². The van der Waals surface area contributed by atoms with Crippen LogP contribution >= 0.6 is 11.6 Å². The number of pyridine rings is 1. The summed E-state index contributed by atoms with van der Waals surface area (Å²) in [6.07, 6.45) is 3.80. The molecule has 2 heterocycles. The number of aryl methyl sites for hydroxylation is 4. The summed E-state index contributed by atoms with van der Waals surface area (Å²) in [5, 5.41) is 4.36. The Hall–Kier alpha value is -3.51. The van der Waals surface area contributed by atoms with E-state index in [0.29, 0.717) is 27.4 Å². The van der Waals surface area contributed by atoms with Gasteiger partial charge in [-0.05, 0) is 86.2 Å². The number of nitrogens with zero attached hydrogens (tertiary/aromatic N) is 1. The Morgan fingerprint density at radius 1 is 1.09 bits per heavy atom. The third-order valence-corrected chi connectivity index (χ3v) is 6.35. The van der Waals surface area contributed by atoms with E-state index in [4.69, 9.17) is 16.3 Å². The van der Waals surface area contributed by atoms with E-state index in [1.54, 1.807) is 19.3 Å². The molecule has 5 rings (SSSR count). The van der Waals surface area contributed by atoms with Gasteiger partial charge in [0.05, 0.1) is 0 Å². The highest BCUT2D eigenvalue weighted by atomic mass is 35.5. The Kier molecular flexibility index (Phi) is 5.48. The van der Waals surface area contributed by atoms with E-state index in [-0.39, 0.29) is 17.5 Å². The third kappa shape index (κ3) is 4.21. The molecule has 7 heteroatoms. The van der Waals surface area contributed by atoms with Gasteiger partial charge in [-0.1, -0.05) is 17.7 Å². The van der Waals surface area contributed by atoms with Crippen LogP contribution in [0.1, 0.15) is 40.0 Å². The first-order valence-electron chi connectivity index (χ1n) is 11.3. The fourth-order valence-electron chi connectivity index (χ4n) is 4.32. The highest BCUT2D eigenvalue weighted by molar-refractivity contribution is 6.30. The van der Waals surface area contributed by atoms with E-state index in [1.165, 1.54) is 4.57 Å². The Bertz CT molecular complexity index is 1490. The van der Waals surface area contributed by atoms with Crippen LogP contribution in [-0.4, -0.2) is 21.5 Å². The Labute approximate surface area is 202 Å². The van der Waals surface area contributed by atoms with Gasteiger partial charge in [0.15, 0.2) is 0 Å². The van der Waals surface area contributed by atoms with Crippen LogP contribution in [0.4, 0.5) is 0 Å². The van der Waals surface area contributed by atoms with Crippen molar-refractivity contribution in [1.82, 2.24) is 14.9 Å². The molecule has 1 saturated carbocycles. The highest BCUT2D eigenvalue weighted by Gasteiger charge is 2.25. The molecular weight excluding hydrogens is 450 g/mol. The molecule has 1 aliphatic carbocycles. The SMILES string of the molecule is Cc1cc(Oc2c(C)cc(Cl)cc2C)cc(-c2cn(C)c(=O)c3[nH]c(C(=O)NC4CC4)cc23)c1. The fraction of sp³-hybridized carbons (Fsp3) is 0.259. The van der Waals surface area contributed by atoms with Crippen LogP contribution in [0.5, 0.6) is 11.5 Å². The molecule has 174 valence electrons. The number of fused-ring (bicyclic) bond motifs is 1. The minimum absolute atomic E-state index is 0.180. The zero-order valence-electron chi connectivity index (χ0n) is 19.6. The van der Waals surface area contributed by atoms with Crippen molar-refractivity contribution in [2.45, 2.75) is 39.7 Å². The maximum atomic E-state index is 12.8. The summed E-state index contributed by atoms with van der Waals surface area (Å²) in [6.45, 7) is 5.94. The van der Waals surface area contributed by atoms with Crippen LogP contribution in [-0.2, 0) is 7.05 Å². The molecule has 0 aliphatic heterocycles. The van der Waals surface area contributed by atoms with Crippen molar-refractivity contribution in [2.24, 2.45) is 7.05 Å². The first-order valence-corrected chi connectivity index (χ1v) is 11.7. The number of carbonyl (C=O) groups excluding carboxylic acids is 1. The molecule has 34 heavy (non-hydrogen) atoms. The molecule has 0 bridgehead atoms. The number of hydrogen-bond acceptors (Lipinski definition) is 3. The minimum atomic E-state index is -0.186. The van der Waals surface area contributed by atoms with Gasteiger partial charge in [0, 0.05) is 35.3 Å². The number of benzene rings is 2. The van der Waals surface area contributed by atoms with Crippen LogP contribution in [0, 0.1) is 20.8 Å². The Balaban J connectivity index is 1.60. The lowest BCUT2D eigenvalue weighted by atomic mass is 10.0. The van der Waals surface area contributed by atoms with E-state index in [2.05, 4.69) is 10.3 Å². The summed E-state index contributed by atoms with van der Waals surface area (Å²) in [4.78, 5) is 28.5. The van der Waals surface area contributed by atoms with Crippen molar-refractivity contribution < 1.29 is 9.53 Å². The van der Waals surface area contributed by atoms with E-state index < -0.39 is 0 Å². The van der Waals surface area contributed by atoms with Gasteiger partial charge in [0.2, 0.25) is 0 Å². The maximum Gasteiger partial charge on any atom is 0.274 e. The average molecular weight is 476 g/mol. The number of hydrogen-bond donors (Lipinski definition) is 2. The lowest BCUT2D eigenvalue weighted by Gasteiger charge is -2.15. The molecule has 2 aromatic carbocycles. The van der Waals surface area contributed by atoms with Crippen LogP contribution in [0.25, 0.3) is 22.0 Å². The second-order valence-electron chi connectivity index (χ2n) is 9.18. The van der Waals surface area contributed by atoms with Crippen molar-refractivity contribution in [3.05, 3.63) is 80.4 Å². The molecule has 0 atom stereocenters. The molecule has 4 aromatic rings. The molecule has 0 radical (unpaired) electrons. The minimum Gasteiger partial charge on any atom is -0.457 e. The van der Waals surface area contributed by atoms with Crippen molar-refractivity contribution in [2.75, 3.05) is 0 Å². The van der Waals surface area contributed by atoms with E-state index in [1.807, 2.05) is 51.1 Å². The van der Waals surface area contributed by atoms with E-state index in [9.17, 15) is 9.59 Å². The predicted octanol–water partition coefficient (Wildman–Crippen LogP) is 5.80. The zero-order chi connectivity index (χ0) is 24.1. The van der Waals surface area contributed by atoms with Crippen LogP contribution in [0.2, 0.25) is 5.02 Å². The second kappa shape index (κ2) is 8.37. The molecule has 2 N–H and O–H groups in total. The van der Waals surface area contributed by atoms with Crippen LogP contribution < -0.4 is 15.6 Å². The monoisotopic (exact) mass is 475 g/mol. The number of ether oxygens (including phenoxy) is 1. The lowest BCUT2D eigenvalue weighted by Crippen LogP contribution is -2.25. The summed E-state index contributed by atoms with van der Waals surface area (Å²) < 4.78 is 7.83. The maximum absolute atomic E-state index is 12.8. The topological polar surface area (TPSA) is 76.1 Å². The summed E-state index contributed by atoms with van der Waals surface area (Å²) in [6, 6.07) is 11.7. The third-order valence-electron chi connectivity index (χ3n) is 6.13. The molecular formula is C27H26ClN3O3. The van der Waals surface area contributed by atoms with Gasteiger partial charge in [-0.2, -0.15) is 0 Å². The van der Waals surface area contributed by atoms with Gasteiger partial charge in [-0.15, -0.1) is 0 Å². The number of halogens is 1. The zero-order valence-corrected chi connectivity index (χ0v) is 20.3. The van der Waals surface area contributed by atoms with Gasteiger partial charge in [-0.3, -0.25) is 9.59 Å². The van der Waals surface area contributed by atoms with E-state index >= 15 is 0 Å². The van der Waals surface area contributed by atoms with Crippen LogP contribution in [0.3, 0.4) is 0 Å². The molecule has 1 amide bonds. The van der Waals surface area contributed by atoms with Crippen LogP contribution in [0.15, 0.2) is 47.4 Å². The normalized spacial score (nSPS) is 13.3. The molecule has 0 saturated heterocycles. The fourth-order valence-corrected chi connectivity index (χ4v) is 4.64. The van der Waals surface area contributed by atoms with Gasteiger partial charge in [0.25, 0.3) is 11.5 Å². The highest BCUT2D eigenvalue weighted by Crippen LogP contribution is 2.35. The number of carbonyl (C=O) groups is 1. The van der Waals surface area contributed by atoms with Gasteiger partial charge >= 0.3 is 0 Å². The lowest BCUT2D eigenvalue weighted by molar-refractivity contribution is 0.0947. The number of amides is 1. The smallest absolute Gasteiger partial charge is 0.274 e. The number of aromatic nitrogens is 2. The van der Waals surface area contributed by atoms with Gasteiger partial charge in [0.1, 0.15) is 22.7 Å². The average Bonchev–Trinajstić information content (AvgIpc) is 3.46. The van der Waals surface area contributed by atoms with Crippen molar-refractivity contribution in [3.63, 3.8) is 0 Å². The van der Waals surface area contributed by atoms with Gasteiger partial charge in [-0.25, -0.2) is 0 Å². The molecule has 0 unspecified atom stereocenters. The van der Waals surface area contributed by atoms with Crippen molar-refractivity contribution >= 4 is 28.4 Å². The standard InChI is InChI=1S/C27H26ClN3O3/c1-14-7-17(11-20(8-14)34-25-15(2)9-18(28)10-16(25)3)22-13-31(4)27(33)24-21(22)12-23(30-24)26(32)29-19-5-6-19/h7-13,19,30H,5-6H2,1-4H3,(H,29,32). The summed E-state index contributed by atoms with van der Waals surface area (Å²) in [5.74, 6) is 1.27. The number of rotatable bonds is 5. The second-order valence-corrected chi connectivity index (χ2v) is 9.62. The molecule has 0 spiro atoms. The summed E-state index contributed by atoms with van der Waals surface area (Å²) in [5.41, 5.74) is 5.29. The summed E-state index contributed by atoms with van der Waals surface area (Å²) in [7, 11) is 1.71. The van der Waals surface area contributed by atoms with Crippen molar-refractivity contribution in [1.29, 1.82) is 0 Å². The van der Waals surface area contributed by atoms with Crippen molar-refractivity contribution in [3.8, 4) is 22.6 Å². The number of H-pyrrole nitrogens is 1. The number of aromatic amines is 1. The quantitative estimate of drug-likeness (QED) is 0.383. The molecule has 1 aliphatic rings. The Morgan fingerprint density at radius 3 is 2.47 bits per heavy atom. The van der Waals surface area contributed by atoms with E-state index in [0.717, 1.165) is 46.4 Å². The number of nitrogens with one attached hydrogen (secondary N) is 2. The largest absolute Gasteiger partial charge is 0.457 e. The first-order chi connectivity index (χ1) is 16.2. The molecule has 6 nitrogen and oxygen atoms in total. The summed E-state index contributed by atoms with van der Waals surface area (Å²) >= 11 is 6.18. The first kappa shape index (κ1) is 22.3. The Morgan fingerprint density at radius 2 is 1.79 bits per heavy atom.